The molecule has 0 unspecified atom stereocenters. The van der Waals surface area contributed by atoms with Crippen molar-refractivity contribution in [2.75, 3.05) is 26.3 Å². The molecular formula is C19H20N4O3. The molecule has 2 aromatic heterocycles. The van der Waals surface area contributed by atoms with E-state index in [1.54, 1.807) is 6.07 Å². The predicted molar refractivity (Wildman–Crippen MR) is 99.0 cm³/mol. The van der Waals surface area contributed by atoms with Crippen LogP contribution in [0, 0.1) is 0 Å². The number of aromatic amines is 2. The van der Waals surface area contributed by atoms with Crippen LogP contribution in [0.1, 0.15) is 16.1 Å². The molecule has 7 heteroatoms. The Balaban J connectivity index is 1.63. The van der Waals surface area contributed by atoms with Gasteiger partial charge in [-0.05, 0) is 35.9 Å². The van der Waals surface area contributed by atoms with E-state index >= 15 is 0 Å². The number of nitrogens with two attached hydrogens (primary N) is 1. The maximum atomic E-state index is 12.2. The molecule has 134 valence electrons. The highest BCUT2D eigenvalue weighted by atomic mass is 16.5. The lowest BCUT2D eigenvalue weighted by Gasteiger charge is -2.26. The van der Waals surface area contributed by atoms with Gasteiger partial charge >= 0.3 is 0 Å². The second kappa shape index (κ2) is 6.78. The number of ether oxygens (including phenoxy) is 1. The number of hydrogen-bond donors (Lipinski definition) is 3. The standard InChI is InChI=1S/C19H20N4O3/c20-18(24)16-4-2-14(19(25)22-16)17-10-13-9-12(1-3-15(13)21-17)11-23-5-7-26-8-6-23/h1-4,9-10,21H,5-8,11H2,(H2,20,24)(H,22,25). The Morgan fingerprint density at radius 3 is 2.65 bits per heavy atom. The van der Waals surface area contributed by atoms with E-state index in [0.717, 1.165) is 43.8 Å². The van der Waals surface area contributed by atoms with Crippen LogP contribution in [0.5, 0.6) is 0 Å². The minimum Gasteiger partial charge on any atom is -0.379 e. The summed E-state index contributed by atoms with van der Waals surface area (Å²) >= 11 is 0. The minimum absolute atomic E-state index is 0.0997. The molecule has 0 radical (unpaired) electrons. The summed E-state index contributed by atoms with van der Waals surface area (Å²) in [5.74, 6) is -0.655. The van der Waals surface area contributed by atoms with Gasteiger partial charge in [-0.15, -0.1) is 0 Å². The molecule has 1 aromatic carbocycles. The summed E-state index contributed by atoms with van der Waals surface area (Å²) in [6, 6.07) is 11.3. The van der Waals surface area contributed by atoms with E-state index in [9.17, 15) is 9.59 Å². The van der Waals surface area contributed by atoms with Gasteiger partial charge in [0.05, 0.1) is 24.5 Å². The van der Waals surface area contributed by atoms with Crippen molar-refractivity contribution >= 4 is 16.8 Å². The Morgan fingerprint density at radius 1 is 1.12 bits per heavy atom. The first-order valence-corrected chi connectivity index (χ1v) is 8.55. The first-order chi connectivity index (χ1) is 12.6. The van der Waals surface area contributed by atoms with E-state index in [-0.39, 0.29) is 11.3 Å². The highest BCUT2D eigenvalue weighted by molar-refractivity contribution is 5.91. The van der Waals surface area contributed by atoms with Gasteiger partial charge in [0.2, 0.25) is 0 Å². The lowest BCUT2D eigenvalue weighted by Crippen LogP contribution is -2.35. The molecule has 3 aromatic rings. The number of carbonyl (C=O) groups is 1. The van der Waals surface area contributed by atoms with Crippen LogP contribution < -0.4 is 11.3 Å². The van der Waals surface area contributed by atoms with E-state index in [2.05, 4.69) is 27.0 Å². The van der Waals surface area contributed by atoms with Crippen molar-refractivity contribution in [3.63, 3.8) is 0 Å². The zero-order chi connectivity index (χ0) is 18.1. The van der Waals surface area contributed by atoms with Gasteiger partial charge in [-0.3, -0.25) is 14.5 Å². The van der Waals surface area contributed by atoms with Crippen LogP contribution in [-0.4, -0.2) is 47.1 Å². The highest BCUT2D eigenvalue weighted by Gasteiger charge is 2.13. The zero-order valence-electron chi connectivity index (χ0n) is 14.2. The smallest absolute Gasteiger partial charge is 0.265 e. The van der Waals surface area contributed by atoms with Crippen molar-refractivity contribution in [1.82, 2.24) is 14.9 Å². The first kappa shape index (κ1) is 16.6. The van der Waals surface area contributed by atoms with E-state index in [0.29, 0.717) is 11.3 Å². The van der Waals surface area contributed by atoms with E-state index < -0.39 is 5.91 Å². The molecule has 0 bridgehead atoms. The van der Waals surface area contributed by atoms with Crippen molar-refractivity contribution in [3.8, 4) is 11.3 Å². The zero-order valence-corrected chi connectivity index (χ0v) is 14.2. The third-order valence-corrected chi connectivity index (χ3v) is 4.66. The average Bonchev–Trinajstić information content (AvgIpc) is 3.05. The molecule has 26 heavy (non-hydrogen) atoms. The van der Waals surface area contributed by atoms with Gasteiger partial charge in [0, 0.05) is 30.5 Å². The number of benzene rings is 1. The Hall–Kier alpha value is -2.90. The van der Waals surface area contributed by atoms with Gasteiger partial charge in [-0.25, -0.2) is 0 Å². The molecular weight excluding hydrogens is 332 g/mol. The average molecular weight is 352 g/mol. The first-order valence-electron chi connectivity index (χ1n) is 8.55. The van der Waals surface area contributed by atoms with Gasteiger partial charge in [-0.2, -0.15) is 0 Å². The SMILES string of the molecule is NC(=O)c1ccc(-c2cc3cc(CN4CCOCC4)ccc3[nH]2)c(=O)[nH]1. The van der Waals surface area contributed by atoms with Crippen molar-refractivity contribution in [2.24, 2.45) is 5.73 Å². The summed E-state index contributed by atoms with van der Waals surface area (Å²) in [5, 5.41) is 1.05. The lowest BCUT2D eigenvalue weighted by atomic mass is 10.1. The van der Waals surface area contributed by atoms with Crippen LogP contribution in [0.2, 0.25) is 0 Å². The molecule has 0 atom stereocenters. The summed E-state index contributed by atoms with van der Waals surface area (Å²) in [7, 11) is 0. The largest absolute Gasteiger partial charge is 0.379 e. The molecule has 1 saturated heterocycles. The van der Waals surface area contributed by atoms with Crippen molar-refractivity contribution in [3.05, 3.63) is 58.0 Å². The number of pyridine rings is 1. The Morgan fingerprint density at radius 2 is 1.92 bits per heavy atom. The number of aromatic nitrogens is 2. The number of hydrogen-bond acceptors (Lipinski definition) is 4. The van der Waals surface area contributed by atoms with Gasteiger partial charge in [0.15, 0.2) is 0 Å². The Labute approximate surface area is 149 Å². The van der Waals surface area contributed by atoms with E-state index in [1.165, 1.54) is 11.6 Å². The summed E-state index contributed by atoms with van der Waals surface area (Å²) in [4.78, 5) is 31.6. The maximum absolute atomic E-state index is 12.2. The number of nitrogens with one attached hydrogen (secondary N) is 2. The third kappa shape index (κ3) is 3.26. The highest BCUT2D eigenvalue weighted by Crippen LogP contribution is 2.23. The molecule has 3 heterocycles. The maximum Gasteiger partial charge on any atom is 0.265 e. The van der Waals surface area contributed by atoms with Crippen LogP contribution in [0.25, 0.3) is 22.2 Å². The molecule has 7 nitrogen and oxygen atoms in total. The fourth-order valence-electron chi connectivity index (χ4n) is 3.27. The number of rotatable bonds is 4. The number of nitrogens with zero attached hydrogens (tertiary/aromatic N) is 1. The fraction of sp³-hybridized carbons (Fsp3) is 0.263. The number of carbonyl (C=O) groups excluding carboxylic acids is 1. The molecule has 1 fully saturated rings. The fourth-order valence-corrected chi connectivity index (χ4v) is 3.27. The number of amides is 1. The molecule has 1 aliphatic rings. The molecule has 0 aliphatic carbocycles. The molecule has 0 saturated carbocycles. The number of morpholine rings is 1. The van der Waals surface area contributed by atoms with Gasteiger partial charge < -0.3 is 20.4 Å². The molecule has 4 rings (SSSR count). The summed E-state index contributed by atoms with van der Waals surface area (Å²) < 4.78 is 5.39. The predicted octanol–water partition coefficient (Wildman–Crippen LogP) is 1.45. The topological polar surface area (TPSA) is 104 Å². The van der Waals surface area contributed by atoms with E-state index in [4.69, 9.17) is 10.5 Å². The van der Waals surface area contributed by atoms with Crippen LogP contribution in [0.3, 0.4) is 0 Å². The molecule has 0 spiro atoms. The normalized spacial score (nSPS) is 15.4. The Kier molecular flexibility index (Phi) is 4.32. The van der Waals surface area contributed by atoms with Crippen molar-refractivity contribution < 1.29 is 9.53 Å². The number of H-pyrrole nitrogens is 2. The number of primary amides is 1. The molecule has 4 N–H and O–H groups in total. The van der Waals surface area contributed by atoms with Crippen LogP contribution >= 0.6 is 0 Å². The Bertz CT molecular complexity index is 1020. The van der Waals surface area contributed by atoms with Crippen LogP contribution in [0.15, 0.2) is 41.2 Å². The quantitative estimate of drug-likeness (QED) is 0.661. The van der Waals surface area contributed by atoms with Crippen molar-refractivity contribution in [2.45, 2.75) is 6.54 Å². The monoisotopic (exact) mass is 352 g/mol. The van der Waals surface area contributed by atoms with Gasteiger partial charge in [-0.1, -0.05) is 6.07 Å². The lowest BCUT2D eigenvalue weighted by molar-refractivity contribution is 0.0342. The van der Waals surface area contributed by atoms with E-state index in [1.807, 2.05) is 12.1 Å². The summed E-state index contributed by atoms with van der Waals surface area (Å²) in [6.07, 6.45) is 0. The second-order valence-electron chi connectivity index (χ2n) is 6.47. The number of fused-ring (bicyclic) bond motifs is 1. The summed E-state index contributed by atoms with van der Waals surface area (Å²) in [6.45, 7) is 4.32. The molecule has 1 aliphatic heterocycles. The second-order valence-corrected chi connectivity index (χ2v) is 6.47. The van der Waals surface area contributed by atoms with Crippen molar-refractivity contribution in [1.29, 1.82) is 0 Å². The van der Waals surface area contributed by atoms with Gasteiger partial charge in [0.1, 0.15) is 5.69 Å². The van der Waals surface area contributed by atoms with Crippen LogP contribution in [0.4, 0.5) is 0 Å². The minimum atomic E-state index is -0.655. The van der Waals surface area contributed by atoms with Gasteiger partial charge in [0.25, 0.3) is 11.5 Å². The summed E-state index contributed by atoms with van der Waals surface area (Å²) in [5.41, 5.74) is 8.32. The molecule has 1 amide bonds. The third-order valence-electron chi connectivity index (χ3n) is 4.66. The van der Waals surface area contributed by atoms with Crippen LogP contribution in [-0.2, 0) is 11.3 Å².